The maximum Gasteiger partial charge on any atom is 0.159 e. The molecule has 1 saturated heterocycles. The molecule has 0 unspecified atom stereocenters. The van der Waals surface area contributed by atoms with E-state index >= 15 is 0 Å². The molecule has 0 aromatic heterocycles. The predicted molar refractivity (Wildman–Crippen MR) is 82.9 cm³/mol. The minimum Gasteiger partial charge on any atom is -0.493 e. The van der Waals surface area contributed by atoms with Gasteiger partial charge in [-0.2, -0.15) is 0 Å². The first-order valence-electron chi connectivity index (χ1n) is 7.62. The first kappa shape index (κ1) is 16.0. The highest BCUT2D eigenvalue weighted by atomic mass is 16.5. The van der Waals surface area contributed by atoms with E-state index in [4.69, 9.17) is 9.47 Å². The topological polar surface area (TPSA) is 38.8 Å². The summed E-state index contributed by atoms with van der Waals surface area (Å²) in [7, 11) is 0. The lowest BCUT2D eigenvalue weighted by molar-refractivity contribution is 0.0341. The van der Waals surface area contributed by atoms with E-state index in [2.05, 4.69) is 18.7 Å². The summed E-state index contributed by atoms with van der Waals surface area (Å²) in [5, 5.41) is 0. The SMILES string of the molecule is CC(=O)c1cc(CN2CCOCC2)cc(OCC(C)C)c1. The van der Waals surface area contributed by atoms with Crippen molar-refractivity contribution in [2.75, 3.05) is 32.9 Å². The third-order valence-electron chi connectivity index (χ3n) is 3.47. The van der Waals surface area contributed by atoms with Crippen LogP contribution in [0.5, 0.6) is 5.75 Å². The fourth-order valence-electron chi connectivity index (χ4n) is 2.32. The molecule has 1 aromatic rings. The van der Waals surface area contributed by atoms with Crippen molar-refractivity contribution in [1.29, 1.82) is 0 Å². The summed E-state index contributed by atoms with van der Waals surface area (Å²) in [5.41, 5.74) is 1.85. The molecule has 0 saturated carbocycles. The van der Waals surface area contributed by atoms with E-state index in [9.17, 15) is 4.79 Å². The molecule has 0 spiro atoms. The third kappa shape index (κ3) is 5.14. The van der Waals surface area contributed by atoms with Crippen LogP contribution in [0, 0.1) is 5.92 Å². The van der Waals surface area contributed by atoms with Gasteiger partial charge >= 0.3 is 0 Å². The van der Waals surface area contributed by atoms with Gasteiger partial charge in [-0.05, 0) is 36.6 Å². The van der Waals surface area contributed by atoms with E-state index in [0.717, 1.165) is 49.7 Å². The van der Waals surface area contributed by atoms with Crippen molar-refractivity contribution in [3.8, 4) is 5.75 Å². The van der Waals surface area contributed by atoms with E-state index in [1.165, 1.54) is 0 Å². The lowest BCUT2D eigenvalue weighted by atomic mass is 10.1. The number of hydrogen-bond donors (Lipinski definition) is 0. The summed E-state index contributed by atoms with van der Waals surface area (Å²) in [5.74, 6) is 1.33. The molecule has 0 N–H and O–H groups in total. The van der Waals surface area contributed by atoms with Crippen LogP contribution in [0.3, 0.4) is 0 Å². The molecule has 0 amide bonds. The molecule has 0 atom stereocenters. The van der Waals surface area contributed by atoms with Gasteiger partial charge in [0.25, 0.3) is 0 Å². The number of benzene rings is 1. The van der Waals surface area contributed by atoms with Crippen LogP contribution in [0.25, 0.3) is 0 Å². The van der Waals surface area contributed by atoms with Crippen molar-refractivity contribution in [2.45, 2.75) is 27.3 Å². The molecular formula is C17H25NO3. The average Bonchev–Trinajstić information content (AvgIpc) is 2.46. The van der Waals surface area contributed by atoms with E-state index < -0.39 is 0 Å². The Labute approximate surface area is 127 Å². The minimum absolute atomic E-state index is 0.0771. The standard InChI is InChI=1S/C17H25NO3/c1-13(2)12-21-17-9-15(8-16(10-17)14(3)19)11-18-4-6-20-7-5-18/h8-10,13H,4-7,11-12H2,1-3H3. The predicted octanol–water partition coefficient (Wildman–Crippen LogP) is 2.76. The van der Waals surface area contributed by atoms with Gasteiger partial charge in [-0.1, -0.05) is 13.8 Å². The Morgan fingerprint density at radius 3 is 2.62 bits per heavy atom. The first-order valence-corrected chi connectivity index (χ1v) is 7.62. The van der Waals surface area contributed by atoms with E-state index in [1.54, 1.807) is 6.92 Å². The highest BCUT2D eigenvalue weighted by molar-refractivity contribution is 5.94. The summed E-state index contributed by atoms with van der Waals surface area (Å²) in [4.78, 5) is 14.0. The fraction of sp³-hybridized carbons (Fsp3) is 0.588. The zero-order valence-electron chi connectivity index (χ0n) is 13.2. The van der Waals surface area contributed by atoms with Gasteiger partial charge in [0.1, 0.15) is 5.75 Å². The molecular weight excluding hydrogens is 266 g/mol. The van der Waals surface area contributed by atoms with E-state index in [1.807, 2.05) is 18.2 Å². The van der Waals surface area contributed by atoms with Crippen LogP contribution in [0.2, 0.25) is 0 Å². The highest BCUT2D eigenvalue weighted by Crippen LogP contribution is 2.20. The summed E-state index contributed by atoms with van der Waals surface area (Å²) in [6, 6.07) is 5.86. The largest absolute Gasteiger partial charge is 0.493 e. The molecule has 21 heavy (non-hydrogen) atoms. The van der Waals surface area contributed by atoms with Crippen LogP contribution in [-0.2, 0) is 11.3 Å². The normalized spacial score (nSPS) is 16.2. The Morgan fingerprint density at radius 1 is 1.29 bits per heavy atom. The summed E-state index contributed by atoms with van der Waals surface area (Å²) >= 11 is 0. The van der Waals surface area contributed by atoms with Crippen molar-refractivity contribution in [2.24, 2.45) is 5.92 Å². The molecule has 1 aliphatic heterocycles. The molecule has 0 aliphatic carbocycles. The van der Waals surface area contributed by atoms with Crippen molar-refractivity contribution in [1.82, 2.24) is 4.90 Å². The fourth-order valence-corrected chi connectivity index (χ4v) is 2.32. The summed E-state index contributed by atoms with van der Waals surface area (Å²) < 4.78 is 11.2. The number of ether oxygens (including phenoxy) is 2. The molecule has 1 fully saturated rings. The van der Waals surface area contributed by atoms with Crippen LogP contribution in [0.1, 0.15) is 36.7 Å². The average molecular weight is 291 g/mol. The van der Waals surface area contributed by atoms with Crippen LogP contribution in [0.15, 0.2) is 18.2 Å². The van der Waals surface area contributed by atoms with Crippen molar-refractivity contribution in [3.05, 3.63) is 29.3 Å². The number of carbonyl (C=O) groups is 1. The maximum absolute atomic E-state index is 11.7. The van der Waals surface area contributed by atoms with Gasteiger partial charge in [-0.25, -0.2) is 0 Å². The molecule has 1 aromatic carbocycles. The van der Waals surface area contributed by atoms with Crippen LogP contribution < -0.4 is 4.74 Å². The second kappa shape index (κ2) is 7.57. The minimum atomic E-state index is 0.0771. The van der Waals surface area contributed by atoms with Gasteiger partial charge < -0.3 is 9.47 Å². The quantitative estimate of drug-likeness (QED) is 0.756. The number of Topliss-reactive ketones (excluding diaryl/α,β-unsaturated/α-hetero) is 1. The Hall–Kier alpha value is -1.39. The van der Waals surface area contributed by atoms with Gasteiger partial charge in [0, 0.05) is 25.2 Å². The zero-order valence-corrected chi connectivity index (χ0v) is 13.2. The smallest absolute Gasteiger partial charge is 0.159 e. The first-order chi connectivity index (χ1) is 10.0. The van der Waals surface area contributed by atoms with E-state index in [0.29, 0.717) is 12.5 Å². The number of nitrogens with zero attached hydrogens (tertiary/aromatic N) is 1. The number of rotatable bonds is 6. The Bertz CT molecular complexity index is 479. The molecule has 2 rings (SSSR count). The number of ketones is 1. The second-order valence-corrected chi connectivity index (χ2v) is 6.02. The van der Waals surface area contributed by atoms with E-state index in [-0.39, 0.29) is 5.78 Å². The lowest BCUT2D eigenvalue weighted by Gasteiger charge is -2.26. The van der Waals surface area contributed by atoms with Gasteiger partial charge in [-0.3, -0.25) is 9.69 Å². The second-order valence-electron chi connectivity index (χ2n) is 6.02. The van der Waals surface area contributed by atoms with Crippen molar-refractivity contribution >= 4 is 5.78 Å². The molecule has 1 aliphatic rings. The van der Waals surface area contributed by atoms with Gasteiger partial charge in [0.05, 0.1) is 19.8 Å². The monoisotopic (exact) mass is 291 g/mol. The summed E-state index contributed by atoms with van der Waals surface area (Å²) in [6.45, 7) is 10.8. The van der Waals surface area contributed by atoms with Crippen molar-refractivity contribution < 1.29 is 14.3 Å². The molecule has 4 nitrogen and oxygen atoms in total. The molecule has 1 heterocycles. The maximum atomic E-state index is 11.7. The lowest BCUT2D eigenvalue weighted by Crippen LogP contribution is -2.35. The molecule has 116 valence electrons. The van der Waals surface area contributed by atoms with Gasteiger partial charge in [-0.15, -0.1) is 0 Å². The Morgan fingerprint density at radius 2 is 2.00 bits per heavy atom. The summed E-state index contributed by atoms with van der Waals surface area (Å²) in [6.07, 6.45) is 0. The Balaban J connectivity index is 2.12. The van der Waals surface area contributed by atoms with Crippen LogP contribution in [0.4, 0.5) is 0 Å². The number of carbonyl (C=O) groups excluding carboxylic acids is 1. The van der Waals surface area contributed by atoms with Crippen molar-refractivity contribution in [3.63, 3.8) is 0 Å². The van der Waals surface area contributed by atoms with Gasteiger partial charge in [0.15, 0.2) is 5.78 Å². The number of hydrogen-bond acceptors (Lipinski definition) is 4. The van der Waals surface area contributed by atoms with Crippen LogP contribution in [-0.4, -0.2) is 43.6 Å². The highest BCUT2D eigenvalue weighted by Gasteiger charge is 2.13. The zero-order chi connectivity index (χ0) is 15.2. The third-order valence-corrected chi connectivity index (χ3v) is 3.47. The molecule has 4 heteroatoms. The number of morpholine rings is 1. The Kier molecular flexibility index (Phi) is 5.76. The molecule has 0 bridgehead atoms. The van der Waals surface area contributed by atoms with Crippen LogP contribution >= 0.6 is 0 Å². The molecule has 0 radical (unpaired) electrons. The van der Waals surface area contributed by atoms with Gasteiger partial charge in [0.2, 0.25) is 0 Å².